The van der Waals surface area contributed by atoms with Gasteiger partial charge in [-0.1, -0.05) is 41.9 Å². The molecule has 114 valence electrons. The monoisotopic (exact) mass is 331 g/mol. The van der Waals surface area contributed by atoms with E-state index < -0.39 is 0 Å². The number of hydrogen-bond donors (Lipinski definition) is 1. The molecule has 3 rings (SSSR count). The Morgan fingerprint density at radius 2 is 1.91 bits per heavy atom. The molecule has 4 heteroatoms. The van der Waals surface area contributed by atoms with Crippen LogP contribution in [0.2, 0.25) is 5.02 Å². The minimum Gasteiger partial charge on any atom is -0.484 e. The molecule has 0 aliphatic carbocycles. The van der Waals surface area contributed by atoms with Crippen LogP contribution >= 0.6 is 22.9 Å². The normalized spacial score (nSPS) is 12.5. The first kappa shape index (κ1) is 15.3. The molecule has 1 aromatic heterocycles. The summed E-state index contributed by atoms with van der Waals surface area (Å²) in [5.74, 6) is 0.884. The van der Waals surface area contributed by atoms with Gasteiger partial charge in [0.1, 0.15) is 11.9 Å². The topological polar surface area (TPSA) is 21.3 Å². The standard InChI is InChI=1S/C18H18ClNOS/c1-20-11-10-17(18-9-4-12-22-18)21-16-8-3-5-13-14(16)6-2-7-15(13)19/h2-9,12,17,20H,10-11H2,1H3/t17-/m0/s1. The largest absolute Gasteiger partial charge is 0.484 e. The Labute approximate surface area is 139 Å². The van der Waals surface area contributed by atoms with Crippen molar-refractivity contribution >= 4 is 33.7 Å². The summed E-state index contributed by atoms with van der Waals surface area (Å²) in [6.45, 7) is 0.911. The maximum atomic E-state index is 6.34. The summed E-state index contributed by atoms with van der Waals surface area (Å²) in [5.41, 5.74) is 0. The highest BCUT2D eigenvalue weighted by atomic mass is 35.5. The van der Waals surface area contributed by atoms with Crippen LogP contribution in [0, 0.1) is 0 Å². The highest BCUT2D eigenvalue weighted by molar-refractivity contribution is 7.10. The lowest BCUT2D eigenvalue weighted by molar-refractivity contribution is 0.201. The molecule has 3 aromatic rings. The molecule has 0 unspecified atom stereocenters. The second-order valence-corrected chi connectivity index (χ2v) is 6.49. The molecule has 0 radical (unpaired) electrons. The summed E-state index contributed by atoms with van der Waals surface area (Å²) < 4.78 is 6.34. The molecule has 0 fully saturated rings. The zero-order valence-electron chi connectivity index (χ0n) is 12.4. The Balaban J connectivity index is 1.94. The van der Waals surface area contributed by atoms with Crippen molar-refractivity contribution < 1.29 is 4.74 Å². The summed E-state index contributed by atoms with van der Waals surface area (Å²) in [6, 6.07) is 16.2. The molecular formula is C18H18ClNOS. The predicted molar refractivity (Wildman–Crippen MR) is 95.2 cm³/mol. The maximum Gasteiger partial charge on any atom is 0.134 e. The van der Waals surface area contributed by atoms with Gasteiger partial charge in [0.25, 0.3) is 0 Å². The van der Waals surface area contributed by atoms with Gasteiger partial charge in [-0.05, 0) is 37.2 Å². The molecule has 0 saturated heterocycles. The van der Waals surface area contributed by atoms with Crippen LogP contribution in [0.3, 0.4) is 0 Å². The Morgan fingerprint density at radius 1 is 1.09 bits per heavy atom. The zero-order chi connectivity index (χ0) is 15.4. The molecule has 0 bridgehead atoms. The molecule has 2 nitrogen and oxygen atoms in total. The Hall–Kier alpha value is -1.55. The van der Waals surface area contributed by atoms with E-state index in [-0.39, 0.29) is 6.10 Å². The van der Waals surface area contributed by atoms with Crippen LogP contribution in [-0.4, -0.2) is 13.6 Å². The lowest BCUT2D eigenvalue weighted by atomic mass is 10.1. The molecule has 1 atom stereocenters. The van der Waals surface area contributed by atoms with E-state index in [1.807, 2.05) is 37.4 Å². The summed E-state index contributed by atoms with van der Waals surface area (Å²) in [4.78, 5) is 1.24. The average molecular weight is 332 g/mol. The van der Waals surface area contributed by atoms with Crippen LogP contribution in [0.5, 0.6) is 5.75 Å². The quantitative estimate of drug-likeness (QED) is 0.663. The van der Waals surface area contributed by atoms with Crippen LogP contribution in [0.1, 0.15) is 17.4 Å². The van der Waals surface area contributed by atoms with Crippen LogP contribution in [0.4, 0.5) is 0 Å². The van der Waals surface area contributed by atoms with Crippen molar-refractivity contribution in [1.29, 1.82) is 0 Å². The first-order valence-corrected chi connectivity index (χ1v) is 8.57. The van der Waals surface area contributed by atoms with E-state index in [0.29, 0.717) is 0 Å². The Kier molecular flexibility index (Phi) is 4.98. The van der Waals surface area contributed by atoms with Crippen LogP contribution in [0.25, 0.3) is 10.8 Å². The molecule has 0 spiro atoms. The Bertz CT molecular complexity index is 742. The zero-order valence-corrected chi connectivity index (χ0v) is 14.0. The van der Waals surface area contributed by atoms with E-state index in [2.05, 4.69) is 28.9 Å². The number of hydrogen-bond acceptors (Lipinski definition) is 3. The Morgan fingerprint density at radius 3 is 2.68 bits per heavy atom. The lowest BCUT2D eigenvalue weighted by Gasteiger charge is -2.19. The van der Waals surface area contributed by atoms with Crippen molar-refractivity contribution in [3.63, 3.8) is 0 Å². The van der Waals surface area contributed by atoms with Gasteiger partial charge in [-0.15, -0.1) is 11.3 Å². The van der Waals surface area contributed by atoms with Gasteiger partial charge in [0.15, 0.2) is 0 Å². The van der Waals surface area contributed by atoms with Gasteiger partial charge in [-0.3, -0.25) is 0 Å². The molecule has 2 aromatic carbocycles. The molecule has 0 aliphatic rings. The summed E-state index contributed by atoms with van der Waals surface area (Å²) in [6.07, 6.45) is 0.977. The van der Waals surface area contributed by atoms with Crippen molar-refractivity contribution in [3.05, 3.63) is 63.8 Å². The molecule has 0 saturated carbocycles. The summed E-state index contributed by atoms with van der Waals surface area (Å²) >= 11 is 8.02. The third kappa shape index (κ3) is 3.27. The van der Waals surface area contributed by atoms with Crippen molar-refractivity contribution in [3.8, 4) is 5.75 Å². The van der Waals surface area contributed by atoms with Gasteiger partial charge in [-0.2, -0.15) is 0 Å². The van der Waals surface area contributed by atoms with Gasteiger partial charge in [0.2, 0.25) is 0 Å². The number of thiophene rings is 1. The van der Waals surface area contributed by atoms with Crippen LogP contribution < -0.4 is 10.1 Å². The SMILES string of the molecule is CNCC[C@H](Oc1cccc2c(Cl)cccc12)c1cccs1. The molecular weight excluding hydrogens is 314 g/mol. The van der Waals surface area contributed by atoms with E-state index >= 15 is 0 Å². The van der Waals surface area contributed by atoms with E-state index in [1.54, 1.807) is 11.3 Å². The van der Waals surface area contributed by atoms with Crippen molar-refractivity contribution in [2.75, 3.05) is 13.6 Å². The molecule has 1 N–H and O–H groups in total. The first-order chi connectivity index (χ1) is 10.8. The fourth-order valence-electron chi connectivity index (χ4n) is 2.51. The highest BCUT2D eigenvalue weighted by Crippen LogP contribution is 2.34. The summed E-state index contributed by atoms with van der Waals surface area (Å²) in [5, 5.41) is 8.12. The number of halogens is 1. The van der Waals surface area contributed by atoms with Crippen molar-refractivity contribution in [2.24, 2.45) is 0 Å². The lowest BCUT2D eigenvalue weighted by Crippen LogP contribution is -2.15. The van der Waals surface area contributed by atoms with Gasteiger partial charge >= 0.3 is 0 Å². The fourth-order valence-corrected chi connectivity index (χ4v) is 3.53. The van der Waals surface area contributed by atoms with Crippen molar-refractivity contribution in [2.45, 2.75) is 12.5 Å². The molecule has 1 heterocycles. The highest BCUT2D eigenvalue weighted by Gasteiger charge is 2.16. The molecule has 0 amide bonds. The second kappa shape index (κ2) is 7.14. The number of rotatable bonds is 6. The average Bonchev–Trinajstić information content (AvgIpc) is 3.06. The molecule has 22 heavy (non-hydrogen) atoms. The minimum atomic E-state index is 0.0528. The third-order valence-electron chi connectivity index (χ3n) is 3.62. The maximum absolute atomic E-state index is 6.34. The number of ether oxygens (including phenoxy) is 1. The molecule has 0 aliphatic heterocycles. The van der Waals surface area contributed by atoms with Gasteiger partial charge in [-0.25, -0.2) is 0 Å². The van der Waals surface area contributed by atoms with Crippen molar-refractivity contribution in [1.82, 2.24) is 5.32 Å². The first-order valence-electron chi connectivity index (χ1n) is 7.31. The smallest absolute Gasteiger partial charge is 0.134 e. The van der Waals surface area contributed by atoms with E-state index in [4.69, 9.17) is 16.3 Å². The van der Waals surface area contributed by atoms with E-state index in [0.717, 1.165) is 34.5 Å². The second-order valence-electron chi connectivity index (χ2n) is 5.11. The van der Waals surface area contributed by atoms with Crippen LogP contribution in [0.15, 0.2) is 53.9 Å². The number of fused-ring (bicyclic) bond motifs is 1. The van der Waals surface area contributed by atoms with Gasteiger partial charge in [0, 0.05) is 27.1 Å². The van der Waals surface area contributed by atoms with Crippen LogP contribution in [-0.2, 0) is 0 Å². The third-order valence-corrected chi connectivity index (χ3v) is 4.91. The number of benzene rings is 2. The van der Waals surface area contributed by atoms with Gasteiger partial charge < -0.3 is 10.1 Å². The van der Waals surface area contributed by atoms with E-state index in [9.17, 15) is 0 Å². The van der Waals surface area contributed by atoms with E-state index in [1.165, 1.54) is 4.88 Å². The predicted octanol–water partition coefficient (Wildman–Crippen LogP) is 5.28. The van der Waals surface area contributed by atoms with Gasteiger partial charge in [0.05, 0.1) is 0 Å². The summed E-state index contributed by atoms with van der Waals surface area (Å²) in [7, 11) is 1.96. The fraction of sp³-hybridized carbons (Fsp3) is 0.222. The minimum absolute atomic E-state index is 0.0528. The number of nitrogens with one attached hydrogen (secondary N) is 1.